The molecular weight excluding hydrogens is 605 g/mol. The standard InChI is InChI=1S/C48H32N2/c1-3-11-33(12-4-1)35-19-25-39(26-20-35)49-45-17-9-7-15-41(45)43-31-37(23-29-47(43)49)38-24-30-48-44(32-38)42-16-8-10-18-46(42)50(48)40-27-21-36(22-28-40)34-13-5-2-6-14-34/h1-32H/i1D,11D,12D,19D,20D,25D,26D. The molecule has 0 spiro atoms. The zero-order valence-corrected chi connectivity index (χ0v) is 26.8. The van der Waals surface area contributed by atoms with Gasteiger partial charge in [-0.3, -0.25) is 0 Å². The Kier molecular flexibility index (Phi) is 5.08. The largest absolute Gasteiger partial charge is 0.309 e. The van der Waals surface area contributed by atoms with Crippen LogP contribution >= 0.6 is 0 Å². The summed E-state index contributed by atoms with van der Waals surface area (Å²) in [6.45, 7) is 0. The molecule has 234 valence electrons. The second-order valence-electron chi connectivity index (χ2n) is 12.4. The van der Waals surface area contributed by atoms with Crippen LogP contribution in [-0.2, 0) is 0 Å². The maximum absolute atomic E-state index is 9.19. The molecule has 10 aromatic rings. The number of nitrogens with zero attached hydrogens (tertiary/aromatic N) is 2. The zero-order chi connectivity index (χ0) is 39.1. The molecule has 0 amide bonds. The van der Waals surface area contributed by atoms with Crippen LogP contribution in [0.2, 0.25) is 0 Å². The second kappa shape index (κ2) is 11.5. The van der Waals surface area contributed by atoms with E-state index in [2.05, 4.69) is 102 Å². The smallest absolute Gasteiger partial charge is 0.0645 e. The minimum absolute atomic E-state index is 0.0255. The van der Waals surface area contributed by atoms with Crippen LogP contribution in [0.1, 0.15) is 9.60 Å². The molecule has 0 saturated carbocycles. The Morgan fingerprint density at radius 2 is 0.760 bits per heavy atom. The van der Waals surface area contributed by atoms with Crippen molar-refractivity contribution in [1.29, 1.82) is 0 Å². The van der Waals surface area contributed by atoms with E-state index < -0.39 is 0 Å². The van der Waals surface area contributed by atoms with Crippen LogP contribution in [0, 0.1) is 0 Å². The molecule has 2 aromatic heterocycles. The van der Waals surface area contributed by atoms with Gasteiger partial charge >= 0.3 is 0 Å². The van der Waals surface area contributed by atoms with Gasteiger partial charge in [0.05, 0.1) is 31.7 Å². The lowest BCUT2D eigenvalue weighted by Crippen LogP contribution is -1.94. The van der Waals surface area contributed by atoms with E-state index in [0.717, 1.165) is 66.0 Å². The van der Waals surface area contributed by atoms with E-state index in [1.165, 1.54) is 17.7 Å². The van der Waals surface area contributed by atoms with Crippen molar-refractivity contribution in [3.8, 4) is 44.8 Å². The molecule has 0 bridgehead atoms. The highest BCUT2D eigenvalue weighted by Crippen LogP contribution is 2.38. The summed E-state index contributed by atoms with van der Waals surface area (Å²) in [6, 6.07) is 48.8. The monoisotopic (exact) mass is 643 g/mol. The van der Waals surface area contributed by atoms with Crippen LogP contribution in [0.25, 0.3) is 88.4 Å². The first-order chi connectivity index (χ1) is 27.7. The fourth-order valence-electron chi connectivity index (χ4n) is 7.26. The summed E-state index contributed by atoms with van der Waals surface area (Å²) in [5, 5.41) is 4.08. The third-order valence-electron chi connectivity index (χ3n) is 9.60. The molecule has 0 radical (unpaired) electrons. The van der Waals surface area contributed by atoms with Gasteiger partial charge in [-0.2, -0.15) is 0 Å². The lowest BCUT2D eigenvalue weighted by atomic mass is 10.0. The molecule has 50 heavy (non-hydrogen) atoms. The highest BCUT2D eigenvalue weighted by Gasteiger charge is 2.16. The van der Waals surface area contributed by atoms with E-state index >= 15 is 0 Å². The van der Waals surface area contributed by atoms with Crippen LogP contribution in [0.5, 0.6) is 0 Å². The van der Waals surface area contributed by atoms with E-state index in [9.17, 15) is 2.74 Å². The van der Waals surface area contributed by atoms with Crippen molar-refractivity contribution in [2.75, 3.05) is 0 Å². The SMILES string of the molecule is [2H]c1cc([2H])c(-c2c([2H])c([2H])c(-n3c4ccccc4c4cc(-c5ccc6c(c5)c5ccccc5n6-c5ccc(-c6ccccc6)cc5)ccc43)c([2H])c2[2H])c([2H])c1. The number of para-hydroxylation sites is 2. The zero-order valence-electron chi connectivity index (χ0n) is 33.8. The van der Waals surface area contributed by atoms with Crippen molar-refractivity contribution in [3.05, 3.63) is 194 Å². The Hall–Kier alpha value is -6.64. The van der Waals surface area contributed by atoms with Crippen molar-refractivity contribution in [2.24, 2.45) is 0 Å². The normalized spacial score (nSPS) is 13.6. The maximum Gasteiger partial charge on any atom is 0.0645 e. The number of aromatic nitrogens is 2. The molecule has 0 aliphatic rings. The van der Waals surface area contributed by atoms with Gasteiger partial charge in [0.25, 0.3) is 0 Å². The average molecular weight is 644 g/mol. The quantitative estimate of drug-likeness (QED) is 0.177. The van der Waals surface area contributed by atoms with Gasteiger partial charge in [-0.1, -0.05) is 133 Å². The van der Waals surface area contributed by atoms with Gasteiger partial charge in [0, 0.05) is 32.9 Å². The molecule has 0 aliphatic heterocycles. The minimum Gasteiger partial charge on any atom is -0.309 e. The molecular formula is C48H32N2. The fraction of sp³-hybridized carbons (Fsp3) is 0. The Morgan fingerprint density at radius 3 is 1.36 bits per heavy atom. The summed E-state index contributed by atoms with van der Waals surface area (Å²) in [4.78, 5) is 0. The summed E-state index contributed by atoms with van der Waals surface area (Å²) in [5.41, 5.74) is 9.08. The summed E-state index contributed by atoms with van der Waals surface area (Å²) >= 11 is 0. The lowest BCUT2D eigenvalue weighted by molar-refractivity contribution is 1.18. The fourth-order valence-corrected chi connectivity index (χ4v) is 7.26. The topological polar surface area (TPSA) is 9.86 Å². The maximum atomic E-state index is 9.19. The molecule has 2 nitrogen and oxygen atoms in total. The van der Waals surface area contributed by atoms with E-state index in [0.29, 0.717) is 0 Å². The van der Waals surface area contributed by atoms with Gasteiger partial charge in [-0.15, -0.1) is 0 Å². The Bertz CT molecular complexity index is 3200. The first kappa shape index (κ1) is 22.1. The Balaban J connectivity index is 1.12. The Labute approximate surface area is 300 Å². The number of hydrogen-bond donors (Lipinski definition) is 0. The van der Waals surface area contributed by atoms with Gasteiger partial charge in [0.15, 0.2) is 0 Å². The molecule has 0 N–H and O–H groups in total. The minimum atomic E-state index is -0.340. The molecule has 0 aliphatic carbocycles. The van der Waals surface area contributed by atoms with Crippen molar-refractivity contribution in [2.45, 2.75) is 0 Å². The highest BCUT2D eigenvalue weighted by atomic mass is 15.0. The van der Waals surface area contributed by atoms with Crippen LogP contribution in [0.4, 0.5) is 0 Å². The van der Waals surface area contributed by atoms with Gasteiger partial charge < -0.3 is 9.13 Å². The summed E-state index contributed by atoms with van der Waals surface area (Å²) in [6.07, 6.45) is 0. The van der Waals surface area contributed by atoms with Crippen molar-refractivity contribution >= 4 is 43.6 Å². The molecule has 2 heterocycles. The van der Waals surface area contributed by atoms with E-state index in [4.69, 9.17) is 6.85 Å². The number of hydrogen-bond acceptors (Lipinski definition) is 0. The van der Waals surface area contributed by atoms with Crippen molar-refractivity contribution < 1.29 is 9.60 Å². The first-order valence-electron chi connectivity index (χ1n) is 20.1. The van der Waals surface area contributed by atoms with Crippen LogP contribution < -0.4 is 0 Å². The van der Waals surface area contributed by atoms with Gasteiger partial charge in [0.1, 0.15) is 0 Å². The van der Waals surface area contributed by atoms with Gasteiger partial charge in [0.2, 0.25) is 0 Å². The number of fused-ring (bicyclic) bond motifs is 6. The van der Waals surface area contributed by atoms with Crippen LogP contribution in [0.15, 0.2) is 194 Å². The molecule has 0 saturated heterocycles. The molecule has 0 atom stereocenters. The Morgan fingerprint density at radius 1 is 0.300 bits per heavy atom. The summed E-state index contributed by atoms with van der Waals surface area (Å²) in [7, 11) is 0. The summed E-state index contributed by atoms with van der Waals surface area (Å²) in [5.74, 6) is 0. The second-order valence-corrected chi connectivity index (χ2v) is 12.4. The van der Waals surface area contributed by atoms with E-state index in [1.807, 2.05) is 42.5 Å². The molecule has 10 rings (SSSR count). The van der Waals surface area contributed by atoms with Crippen LogP contribution in [0.3, 0.4) is 0 Å². The van der Waals surface area contributed by atoms with E-state index in [1.54, 1.807) is 4.57 Å². The van der Waals surface area contributed by atoms with Crippen molar-refractivity contribution in [3.63, 3.8) is 0 Å². The predicted molar refractivity (Wildman–Crippen MR) is 211 cm³/mol. The molecule has 0 fully saturated rings. The first-order valence-corrected chi connectivity index (χ1v) is 16.6. The van der Waals surface area contributed by atoms with Gasteiger partial charge in [-0.25, -0.2) is 0 Å². The lowest BCUT2D eigenvalue weighted by Gasteiger charge is -2.11. The summed E-state index contributed by atoms with van der Waals surface area (Å²) < 4.78 is 65.3. The predicted octanol–water partition coefficient (Wildman–Crippen LogP) is 12.9. The van der Waals surface area contributed by atoms with Gasteiger partial charge in [-0.05, 0) is 94.0 Å². The molecule has 8 aromatic carbocycles. The molecule has 0 unspecified atom stereocenters. The number of rotatable bonds is 5. The third-order valence-corrected chi connectivity index (χ3v) is 9.60. The number of benzene rings is 8. The van der Waals surface area contributed by atoms with E-state index in [-0.39, 0.29) is 59.1 Å². The average Bonchev–Trinajstić information content (AvgIpc) is 3.73. The molecule has 2 heteroatoms. The highest BCUT2D eigenvalue weighted by molar-refractivity contribution is 6.12. The van der Waals surface area contributed by atoms with Crippen molar-refractivity contribution in [1.82, 2.24) is 9.13 Å². The van der Waals surface area contributed by atoms with Crippen LogP contribution in [-0.4, -0.2) is 9.13 Å². The third kappa shape index (κ3) is 4.57.